The molecule has 0 saturated heterocycles. The van der Waals surface area contributed by atoms with Gasteiger partial charge in [0.1, 0.15) is 4.90 Å². The summed E-state index contributed by atoms with van der Waals surface area (Å²) in [5, 5.41) is 0.402. The first kappa shape index (κ1) is 15.2. The van der Waals surface area contributed by atoms with E-state index in [0.29, 0.717) is 11.6 Å². The van der Waals surface area contributed by atoms with Crippen LogP contribution < -0.4 is 10.5 Å². The quantitative estimate of drug-likeness (QED) is 0.778. The molecule has 18 heavy (non-hydrogen) atoms. The Bertz CT molecular complexity index is 505. The van der Waals surface area contributed by atoms with E-state index in [9.17, 15) is 8.42 Å². The van der Waals surface area contributed by atoms with Crippen LogP contribution in [-0.4, -0.2) is 28.7 Å². The second-order valence-corrected chi connectivity index (χ2v) is 6.27. The smallest absolute Gasteiger partial charge is 0.242 e. The highest BCUT2D eigenvalue weighted by Gasteiger charge is 2.18. The van der Waals surface area contributed by atoms with E-state index in [4.69, 9.17) is 22.1 Å². The number of benzene rings is 1. The first-order valence-corrected chi connectivity index (χ1v) is 7.26. The maximum Gasteiger partial charge on any atom is 0.242 e. The van der Waals surface area contributed by atoms with Gasteiger partial charge < -0.3 is 10.5 Å². The van der Waals surface area contributed by atoms with Gasteiger partial charge in [0, 0.05) is 25.3 Å². The lowest BCUT2D eigenvalue weighted by molar-refractivity contribution is 0.161. The molecule has 7 heteroatoms. The summed E-state index contributed by atoms with van der Waals surface area (Å²) < 4.78 is 31.4. The molecule has 1 atom stereocenters. The second-order valence-electron chi connectivity index (χ2n) is 4.09. The molecule has 1 aromatic carbocycles. The maximum atomic E-state index is 12.0. The van der Waals surface area contributed by atoms with Crippen LogP contribution in [0.25, 0.3) is 0 Å². The SMILES string of the molecule is COCC(C)CNS(=O)(=O)c1ccc(Cl)cc1N. The van der Waals surface area contributed by atoms with Crippen LogP contribution in [0.1, 0.15) is 6.92 Å². The van der Waals surface area contributed by atoms with Gasteiger partial charge in [-0.2, -0.15) is 0 Å². The van der Waals surface area contributed by atoms with Crippen molar-refractivity contribution in [3.8, 4) is 0 Å². The van der Waals surface area contributed by atoms with Gasteiger partial charge in [-0.05, 0) is 24.1 Å². The fraction of sp³-hybridized carbons (Fsp3) is 0.455. The fourth-order valence-electron chi connectivity index (χ4n) is 1.44. The highest BCUT2D eigenvalue weighted by Crippen LogP contribution is 2.22. The molecule has 5 nitrogen and oxygen atoms in total. The normalized spacial score (nSPS) is 13.5. The van der Waals surface area contributed by atoms with Crippen molar-refractivity contribution in [2.24, 2.45) is 5.92 Å². The fourth-order valence-corrected chi connectivity index (χ4v) is 2.89. The zero-order chi connectivity index (χ0) is 13.8. The van der Waals surface area contributed by atoms with Gasteiger partial charge in [0.25, 0.3) is 0 Å². The van der Waals surface area contributed by atoms with Crippen LogP contribution in [0.4, 0.5) is 5.69 Å². The van der Waals surface area contributed by atoms with Gasteiger partial charge in [0.2, 0.25) is 10.0 Å². The number of rotatable bonds is 6. The van der Waals surface area contributed by atoms with Gasteiger partial charge in [-0.15, -0.1) is 0 Å². The minimum Gasteiger partial charge on any atom is -0.398 e. The Morgan fingerprint density at radius 3 is 2.72 bits per heavy atom. The zero-order valence-corrected chi connectivity index (χ0v) is 11.9. The predicted octanol–water partition coefficient (Wildman–Crippen LogP) is 1.48. The third-order valence-electron chi connectivity index (χ3n) is 2.33. The van der Waals surface area contributed by atoms with E-state index in [1.165, 1.54) is 18.2 Å². The Balaban J connectivity index is 2.80. The molecule has 1 rings (SSSR count). The summed E-state index contributed by atoms with van der Waals surface area (Å²) in [4.78, 5) is 0.0384. The van der Waals surface area contributed by atoms with Gasteiger partial charge in [0.05, 0.1) is 5.69 Å². The van der Waals surface area contributed by atoms with E-state index in [0.717, 1.165) is 0 Å². The van der Waals surface area contributed by atoms with Crippen molar-refractivity contribution in [2.45, 2.75) is 11.8 Å². The highest BCUT2D eigenvalue weighted by atomic mass is 35.5. The summed E-state index contributed by atoms with van der Waals surface area (Å²) >= 11 is 5.72. The average molecular weight is 293 g/mol. The van der Waals surface area contributed by atoms with Gasteiger partial charge in [0.15, 0.2) is 0 Å². The van der Waals surface area contributed by atoms with Crippen LogP contribution in [0.5, 0.6) is 0 Å². The predicted molar refractivity (Wildman–Crippen MR) is 72.1 cm³/mol. The summed E-state index contributed by atoms with van der Waals surface area (Å²) in [7, 11) is -2.04. The topological polar surface area (TPSA) is 81.4 Å². The number of nitrogen functional groups attached to an aromatic ring is 1. The van der Waals surface area contributed by atoms with Crippen molar-refractivity contribution >= 4 is 27.3 Å². The molecule has 1 unspecified atom stereocenters. The molecule has 0 aromatic heterocycles. The molecule has 0 radical (unpaired) electrons. The molecule has 0 aliphatic heterocycles. The molecule has 3 N–H and O–H groups in total. The molecule has 102 valence electrons. The Morgan fingerprint density at radius 2 is 2.17 bits per heavy atom. The van der Waals surface area contributed by atoms with Crippen LogP contribution >= 0.6 is 11.6 Å². The number of hydrogen-bond acceptors (Lipinski definition) is 4. The summed E-state index contributed by atoms with van der Waals surface area (Å²) in [6, 6.07) is 4.29. The monoisotopic (exact) mass is 292 g/mol. The lowest BCUT2D eigenvalue weighted by atomic mass is 10.2. The molecule has 0 fully saturated rings. The molecule has 0 saturated carbocycles. The first-order valence-electron chi connectivity index (χ1n) is 5.40. The van der Waals surface area contributed by atoms with E-state index in [-0.39, 0.29) is 23.0 Å². The molecular formula is C11H17ClN2O3S. The van der Waals surface area contributed by atoms with E-state index < -0.39 is 10.0 Å². The molecule has 0 aliphatic carbocycles. The van der Waals surface area contributed by atoms with E-state index in [2.05, 4.69) is 4.72 Å². The maximum absolute atomic E-state index is 12.0. The third-order valence-corrected chi connectivity index (χ3v) is 4.07. The van der Waals surface area contributed by atoms with E-state index in [1.54, 1.807) is 7.11 Å². The van der Waals surface area contributed by atoms with Crippen molar-refractivity contribution in [1.82, 2.24) is 4.72 Å². The number of nitrogens with one attached hydrogen (secondary N) is 1. The minimum absolute atomic E-state index is 0.0384. The summed E-state index contributed by atoms with van der Waals surface area (Å²) in [6.07, 6.45) is 0. The summed E-state index contributed by atoms with van der Waals surface area (Å²) in [5.74, 6) is 0.0818. The van der Waals surface area contributed by atoms with Crippen molar-refractivity contribution in [2.75, 3.05) is 26.0 Å². The number of halogens is 1. The number of methoxy groups -OCH3 is 1. The van der Waals surface area contributed by atoms with Crippen LogP contribution in [-0.2, 0) is 14.8 Å². The number of nitrogens with two attached hydrogens (primary N) is 1. The zero-order valence-electron chi connectivity index (χ0n) is 10.3. The van der Waals surface area contributed by atoms with Crippen LogP contribution in [0.2, 0.25) is 5.02 Å². The standard InChI is InChI=1S/C11H17ClN2O3S/c1-8(7-17-2)6-14-18(15,16)11-4-3-9(12)5-10(11)13/h3-5,8,14H,6-7,13H2,1-2H3. The minimum atomic E-state index is -3.61. The van der Waals surface area contributed by atoms with Gasteiger partial charge in [-0.3, -0.25) is 0 Å². The summed E-state index contributed by atoms with van der Waals surface area (Å²) in [6.45, 7) is 2.66. The number of hydrogen-bond donors (Lipinski definition) is 2. The second kappa shape index (κ2) is 6.38. The summed E-state index contributed by atoms with van der Waals surface area (Å²) in [5.41, 5.74) is 5.78. The molecule has 0 heterocycles. The van der Waals surface area contributed by atoms with E-state index >= 15 is 0 Å². The molecular weight excluding hydrogens is 276 g/mol. The van der Waals surface area contributed by atoms with Crippen molar-refractivity contribution in [1.29, 1.82) is 0 Å². The van der Waals surface area contributed by atoms with Gasteiger partial charge in [-0.25, -0.2) is 13.1 Å². The molecule has 0 aliphatic rings. The first-order chi connectivity index (χ1) is 8.36. The lowest BCUT2D eigenvalue weighted by Gasteiger charge is -2.13. The molecule has 0 amide bonds. The number of ether oxygens (including phenoxy) is 1. The van der Waals surface area contributed by atoms with Crippen molar-refractivity contribution in [3.05, 3.63) is 23.2 Å². The molecule has 1 aromatic rings. The molecule has 0 spiro atoms. The Kier molecular flexibility index (Phi) is 5.40. The van der Waals surface area contributed by atoms with Crippen molar-refractivity contribution in [3.63, 3.8) is 0 Å². The van der Waals surface area contributed by atoms with Gasteiger partial charge >= 0.3 is 0 Å². The van der Waals surface area contributed by atoms with Crippen LogP contribution in [0.3, 0.4) is 0 Å². The Labute approximate surface area is 112 Å². The highest BCUT2D eigenvalue weighted by molar-refractivity contribution is 7.89. The van der Waals surface area contributed by atoms with Crippen molar-refractivity contribution < 1.29 is 13.2 Å². The van der Waals surface area contributed by atoms with Crippen LogP contribution in [0.15, 0.2) is 23.1 Å². The largest absolute Gasteiger partial charge is 0.398 e. The lowest BCUT2D eigenvalue weighted by Crippen LogP contribution is -2.30. The van der Waals surface area contributed by atoms with Crippen LogP contribution in [0, 0.1) is 5.92 Å². The Hall–Kier alpha value is -0.820. The Morgan fingerprint density at radius 1 is 1.50 bits per heavy atom. The number of anilines is 1. The van der Waals surface area contributed by atoms with E-state index in [1.807, 2.05) is 6.92 Å². The van der Waals surface area contributed by atoms with Gasteiger partial charge in [-0.1, -0.05) is 18.5 Å². The molecule has 0 bridgehead atoms. The third kappa shape index (κ3) is 4.13. The average Bonchev–Trinajstić information content (AvgIpc) is 2.26. The number of sulfonamides is 1.